The molecule has 0 aromatic carbocycles. The van der Waals surface area contributed by atoms with E-state index >= 15 is 0 Å². The Morgan fingerprint density at radius 3 is 2.60 bits per heavy atom. The molecule has 1 fully saturated rings. The van der Waals surface area contributed by atoms with Crippen LogP contribution in [0.25, 0.3) is 0 Å². The Labute approximate surface area is 123 Å². The second-order valence-electron chi connectivity index (χ2n) is 7.18. The molecule has 20 heavy (non-hydrogen) atoms. The average Bonchev–Trinajstić information content (AvgIpc) is 3.09. The van der Waals surface area contributed by atoms with Gasteiger partial charge in [0, 0.05) is 23.8 Å². The van der Waals surface area contributed by atoms with Gasteiger partial charge in [0.25, 0.3) is 0 Å². The number of rotatable bonds is 6. The minimum atomic E-state index is 0.297. The van der Waals surface area contributed by atoms with Crippen LogP contribution in [0.15, 0.2) is 6.07 Å². The van der Waals surface area contributed by atoms with Crippen molar-refractivity contribution in [2.45, 2.75) is 66.5 Å². The highest BCUT2D eigenvalue weighted by Gasteiger charge is 2.21. The van der Waals surface area contributed by atoms with Crippen molar-refractivity contribution < 1.29 is 4.74 Å². The molecule has 0 bridgehead atoms. The average molecular weight is 276 g/mol. The topological polar surface area (TPSA) is 34.1 Å². The van der Waals surface area contributed by atoms with Crippen LogP contribution in [-0.2, 0) is 6.54 Å². The molecule has 0 amide bonds. The molecule has 1 aliphatic rings. The summed E-state index contributed by atoms with van der Waals surface area (Å²) in [6.07, 6.45) is 3.65. The van der Waals surface area contributed by atoms with E-state index in [1.165, 1.54) is 24.0 Å². The predicted octanol–water partition coefficient (Wildman–Crippen LogP) is 3.77. The van der Waals surface area contributed by atoms with Crippen LogP contribution in [-0.4, -0.2) is 17.6 Å². The van der Waals surface area contributed by atoms with E-state index < -0.39 is 0 Å². The largest absolute Gasteiger partial charge is 0.477 e. The summed E-state index contributed by atoms with van der Waals surface area (Å²) in [4.78, 5) is 4.59. The first kappa shape index (κ1) is 15.3. The molecule has 112 valence electrons. The van der Waals surface area contributed by atoms with Crippen molar-refractivity contribution >= 4 is 0 Å². The molecular formula is C17H28N2O. The molecule has 1 saturated carbocycles. The van der Waals surface area contributed by atoms with E-state index in [4.69, 9.17) is 4.74 Å². The summed E-state index contributed by atoms with van der Waals surface area (Å²) in [6.45, 7) is 12.5. The second-order valence-corrected chi connectivity index (χ2v) is 7.18. The predicted molar refractivity (Wildman–Crippen MR) is 83.1 cm³/mol. The van der Waals surface area contributed by atoms with E-state index in [1.54, 1.807) is 0 Å². The van der Waals surface area contributed by atoms with Gasteiger partial charge in [-0.3, -0.25) is 0 Å². The molecular weight excluding hydrogens is 248 g/mol. The Hall–Kier alpha value is -1.09. The summed E-state index contributed by atoms with van der Waals surface area (Å²) in [5.74, 6) is 0.819. The zero-order valence-electron chi connectivity index (χ0n) is 13.5. The Kier molecular flexibility index (Phi) is 4.69. The molecule has 0 unspecified atom stereocenters. The van der Waals surface area contributed by atoms with Gasteiger partial charge in [0.1, 0.15) is 0 Å². The van der Waals surface area contributed by atoms with E-state index in [9.17, 15) is 0 Å². The van der Waals surface area contributed by atoms with Gasteiger partial charge in [-0.2, -0.15) is 0 Å². The van der Waals surface area contributed by atoms with Gasteiger partial charge in [0.2, 0.25) is 5.88 Å². The molecule has 1 aromatic rings. The monoisotopic (exact) mass is 276 g/mol. The Morgan fingerprint density at radius 2 is 2.00 bits per heavy atom. The van der Waals surface area contributed by atoms with Crippen LogP contribution < -0.4 is 10.1 Å². The zero-order valence-corrected chi connectivity index (χ0v) is 13.5. The lowest BCUT2D eigenvalue weighted by molar-refractivity contribution is 0.233. The fraction of sp³-hybridized carbons (Fsp3) is 0.706. The third-order valence-corrected chi connectivity index (χ3v) is 3.67. The van der Waals surface area contributed by atoms with E-state index in [1.807, 2.05) is 6.92 Å². The zero-order chi connectivity index (χ0) is 14.8. The molecule has 0 saturated heterocycles. The first-order chi connectivity index (χ1) is 9.35. The minimum Gasteiger partial charge on any atom is -0.477 e. The molecule has 0 aliphatic heterocycles. The minimum absolute atomic E-state index is 0.297. The van der Waals surface area contributed by atoms with Crippen molar-refractivity contribution in [2.75, 3.05) is 6.61 Å². The fourth-order valence-electron chi connectivity index (χ4n) is 2.15. The number of nitrogens with one attached hydrogen (secondary N) is 1. The number of nitrogens with zero attached hydrogens (tertiary/aromatic N) is 1. The van der Waals surface area contributed by atoms with Crippen LogP contribution in [0.4, 0.5) is 0 Å². The molecule has 3 heteroatoms. The number of aryl methyl sites for hydroxylation is 2. The summed E-state index contributed by atoms with van der Waals surface area (Å²) in [5, 5.41) is 3.56. The Morgan fingerprint density at radius 1 is 1.30 bits per heavy atom. The van der Waals surface area contributed by atoms with Crippen LogP contribution in [0, 0.1) is 19.3 Å². The lowest BCUT2D eigenvalue weighted by Gasteiger charge is -2.19. The highest BCUT2D eigenvalue weighted by molar-refractivity contribution is 5.36. The van der Waals surface area contributed by atoms with Gasteiger partial charge in [-0.1, -0.05) is 20.8 Å². The van der Waals surface area contributed by atoms with Crippen LogP contribution in [0.2, 0.25) is 0 Å². The first-order valence-electron chi connectivity index (χ1n) is 7.68. The van der Waals surface area contributed by atoms with E-state index in [0.29, 0.717) is 11.5 Å². The highest BCUT2D eigenvalue weighted by atomic mass is 16.5. The maximum Gasteiger partial charge on any atom is 0.218 e. The van der Waals surface area contributed by atoms with E-state index in [-0.39, 0.29) is 0 Å². The smallest absolute Gasteiger partial charge is 0.218 e. The van der Waals surface area contributed by atoms with Crippen molar-refractivity contribution in [1.82, 2.24) is 10.3 Å². The van der Waals surface area contributed by atoms with Gasteiger partial charge >= 0.3 is 0 Å². The number of pyridine rings is 1. The summed E-state index contributed by atoms with van der Waals surface area (Å²) < 4.78 is 5.98. The molecule has 1 aromatic heterocycles. The molecule has 0 atom stereocenters. The normalized spacial score (nSPS) is 15.4. The summed E-state index contributed by atoms with van der Waals surface area (Å²) in [6, 6.07) is 2.85. The number of ether oxygens (including phenoxy) is 1. The number of aromatic nitrogens is 1. The standard InChI is InChI=1S/C17H28N2O/c1-12-10-13(2)19-16(20-9-8-17(3,4)5)15(12)11-18-14-6-7-14/h10,14,18H,6-9,11H2,1-5H3. The summed E-state index contributed by atoms with van der Waals surface area (Å²) in [5.41, 5.74) is 3.82. The van der Waals surface area contributed by atoms with Gasteiger partial charge in [-0.15, -0.1) is 0 Å². The van der Waals surface area contributed by atoms with Gasteiger partial charge in [-0.25, -0.2) is 4.98 Å². The van der Waals surface area contributed by atoms with Crippen LogP contribution in [0.1, 0.15) is 56.9 Å². The third kappa shape index (κ3) is 4.78. The SMILES string of the molecule is Cc1cc(C)c(CNC2CC2)c(OCCC(C)(C)C)n1. The second kappa shape index (κ2) is 6.13. The van der Waals surface area contributed by atoms with E-state index in [2.05, 4.69) is 44.1 Å². The maximum absolute atomic E-state index is 5.98. The van der Waals surface area contributed by atoms with Crippen molar-refractivity contribution in [3.8, 4) is 5.88 Å². The highest BCUT2D eigenvalue weighted by Crippen LogP contribution is 2.25. The third-order valence-electron chi connectivity index (χ3n) is 3.67. The fourth-order valence-corrected chi connectivity index (χ4v) is 2.15. The van der Waals surface area contributed by atoms with Gasteiger partial charge in [0.05, 0.1) is 6.61 Å². The van der Waals surface area contributed by atoms with Gasteiger partial charge < -0.3 is 10.1 Å². The lowest BCUT2D eigenvalue weighted by atomic mass is 9.93. The van der Waals surface area contributed by atoms with Crippen molar-refractivity contribution in [2.24, 2.45) is 5.41 Å². The van der Waals surface area contributed by atoms with Crippen LogP contribution in [0.5, 0.6) is 5.88 Å². The first-order valence-corrected chi connectivity index (χ1v) is 7.68. The summed E-state index contributed by atoms with van der Waals surface area (Å²) in [7, 11) is 0. The molecule has 0 radical (unpaired) electrons. The Bertz CT molecular complexity index is 459. The van der Waals surface area contributed by atoms with Crippen LogP contribution >= 0.6 is 0 Å². The molecule has 1 aliphatic carbocycles. The maximum atomic E-state index is 5.98. The quantitative estimate of drug-likeness (QED) is 0.859. The van der Waals surface area contributed by atoms with Gasteiger partial charge in [0.15, 0.2) is 0 Å². The molecule has 1 N–H and O–H groups in total. The van der Waals surface area contributed by atoms with E-state index in [0.717, 1.165) is 31.1 Å². The molecule has 3 nitrogen and oxygen atoms in total. The van der Waals surface area contributed by atoms with Gasteiger partial charge in [-0.05, 0) is 50.2 Å². The molecule has 0 spiro atoms. The number of hydrogen-bond acceptors (Lipinski definition) is 3. The Balaban J connectivity index is 2.03. The van der Waals surface area contributed by atoms with Crippen LogP contribution in [0.3, 0.4) is 0 Å². The molecule has 2 rings (SSSR count). The lowest BCUT2D eigenvalue weighted by Crippen LogP contribution is -2.18. The summed E-state index contributed by atoms with van der Waals surface area (Å²) >= 11 is 0. The number of hydrogen-bond donors (Lipinski definition) is 1. The van der Waals surface area contributed by atoms with Crippen molar-refractivity contribution in [1.29, 1.82) is 0 Å². The molecule has 1 heterocycles. The van der Waals surface area contributed by atoms with Crippen molar-refractivity contribution in [3.05, 3.63) is 22.9 Å². The van der Waals surface area contributed by atoms with Crippen molar-refractivity contribution in [3.63, 3.8) is 0 Å².